The monoisotopic (exact) mass is 347 g/mol. The summed E-state index contributed by atoms with van der Waals surface area (Å²) in [6.07, 6.45) is 1.52. The first-order chi connectivity index (χ1) is 11.5. The second-order valence-corrected chi connectivity index (χ2v) is 5.35. The van der Waals surface area contributed by atoms with Crippen LogP contribution in [0.2, 0.25) is 0 Å². The molecule has 3 aromatic rings. The van der Waals surface area contributed by atoms with Crippen LogP contribution in [0.25, 0.3) is 17.4 Å². The highest BCUT2D eigenvalue weighted by Gasteiger charge is 2.17. The summed E-state index contributed by atoms with van der Waals surface area (Å²) < 4.78 is 6.64. The largest absolute Gasteiger partial charge is 0.463 e. The Hall–Kier alpha value is -2.87. The maximum absolute atomic E-state index is 12.0. The van der Waals surface area contributed by atoms with Crippen molar-refractivity contribution in [3.05, 3.63) is 46.1 Å². The van der Waals surface area contributed by atoms with Gasteiger partial charge in [-0.3, -0.25) is 14.6 Å². The van der Waals surface area contributed by atoms with Gasteiger partial charge < -0.3 is 9.73 Å². The van der Waals surface area contributed by atoms with Crippen molar-refractivity contribution in [3.8, 4) is 17.4 Å². The fourth-order valence-corrected chi connectivity index (χ4v) is 2.15. The van der Waals surface area contributed by atoms with Gasteiger partial charge in [-0.1, -0.05) is 0 Å². The number of anilines is 1. The fourth-order valence-electron chi connectivity index (χ4n) is 2.08. The molecule has 3 rings (SSSR count). The minimum absolute atomic E-state index is 0.186. The van der Waals surface area contributed by atoms with E-state index in [9.17, 15) is 9.59 Å². The summed E-state index contributed by atoms with van der Waals surface area (Å²) in [4.78, 5) is 30.6. The van der Waals surface area contributed by atoms with Crippen LogP contribution in [0, 0.1) is 13.8 Å². The molecular formula is C15H14ClN5O3. The number of aromatic amines is 1. The van der Waals surface area contributed by atoms with Gasteiger partial charge in [-0.2, -0.15) is 9.78 Å². The van der Waals surface area contributed by atoms with Gasteiger partial charge in [-0.25, -0.2) is 4.98 Å². The lowest BCUT2D eigenvalue weighted by atomic mass is 10.3. The molecule has 8 nitrogen and oxygen atoms in total. The van der Waals surface area contributed by atoms with E-state index in [1.54, 1.807) is 32.0 Å². The summed E-state index contributed by atoms with van der Waals surface area (Å²) in [7, 11) is 0. The zero-order valence-electron chi connectivity index (χ0n) is 13.0. The highest BCUT2D eigenvalue weighted by Crippen LogP contribution is 2.24. The Balaban J connectivity index is 2.14. The number of H-pyrrole nitrogens is 1. The molecule has 0 bridgehead atoms. The van der Waals surface area contributed by atoms with Crippen molar-refractivity contribution >= 4 is 23.3 Å². The molecule has 24 heavy (non-hydrogen) atoms. The van der Waals surface area contributed by atoms with Crippen molar-refractivity contribution in [3.63, 3.8) is 0 Å². The van der Waals surface area contributed by atoms with Crippen molar-refractivity contribution in [1.29, 1.82) is 0 Å². The summed E-state index contributed by atoms with van der Waals surface area (Å²) in [5.41, 5.74) is 1.29. The summed E-state index contributed by atoms with van der Waals surface area (Å²) in [6.45, 7) is 3.40. The van der Waals surface area contributed by atoms with E-state index in [4.69, 9.17) is 16.0 Å². The summed E-state index contributed by atoms with van der Waals surface area (Å²) in [6, 6.07) is 5.07. The molecule has 0 aliphatic heterocycles. The highest BCUT2D eigenvalue weighted by molar-refractivity contribution is 6.29. The molecule has 0 saturated carbocycles. The maximum Gasteiger partial charge on any atom is 0.255 e. The number of nitrogens with one attached hydrogen (secondary N) is 2. The number of furan rings is 1. The highest BCUT2D eigenvalue weighted by atomic mass is 35.5. The van der Waals surface area contributed by atoms with E-state index in [-0.39, 0.29) is 17.4 Å². The van der Waals surface area contributed by atoms with Crippen LogP contribution in [0.15, 0.2) is 33.7 Å². The molecule has 0 atom stereocenters. The van der Waals surface area contributed by atoms with Crippen LogP contribution in [-0.2, 0) is 4.79 Å². The molecule has 0 saturated heterocycles. The van der Waals surface area contributed by atoms with Crippen LogP contribution in [0.4, 0.5) is 5.82 Å². The maximum atomic E-state index is 12.0. The number of amides is 1. The van der Waals surface area contributed by atoms with Crippen molar-refractivity contribution < 1.29 is 9.21 Å². The number of aromatic nitrogens is 4. The van der Waals surface area contributed by atoms with Crippen molar-refractivity contribution in [2.45, 2.75) is 13.8 Å². The minimum Gasteiger partial charge on any atom is -0.463 e. The summed E-state index contributed by atoms with van der Waals surface area (Å²) in [5.74, 6) is 0.401. The average molecular weight is 348 g/mol. The number of carbonyl (C=O) groups is 1. The van der Waals surface area contributed by atoms with Gasteiger partial charge in [0.05, 0.1) is 6.26 Å². The lowest BCUT2D eigenvalue weighted by molar-refractivity contribution is -0.114. The molecule has 0 radical (unpaired) electrons. The number of rotatable bonds is 4. The second-order valence-electron chi connectivity index (χ2n) is 5.09. The SMILES string of the molecule is Cc1nc(-n2nc(-c3ccco3)cc2NC(=O)CCl)[nH]c(=O)c1C. The number of nitrogens with zero attached hydrogens (tertiary/aromatic N) is 3. The molecule has 2 N–H and O–H groups in total. The first-order valence-corrected chi connectivity index (χ1v) is 7.60. The Morgan fingerprint density at radius 1 is 1.46 bits per heavy atom. The predicted octanol–water partition coefficient (Wildman–Crippen LogP) is 2.01. The summed E-state index contributed by atoms with van der Waals surface area (Å²) in [5, 5.41) is 6.98. The fraction of sp³-hybridized carbons (Fsp3) is 0.200. The van der Waals surface area contributed by atoms with Gasteiger partial charge in [0.1, 0.15) is 17.4 Å². The van der Waals surface area contributed by atoms with Gasteiger partial charge in [-0.05, 0) is 26.0 Å². The standard InChI is InChI=1S/C15H14ClN5O3/c1-8-9(2)17-15(19-14(8)23)21-12(18-13(22)7-16)6-10(20-21)11-4-3-5-24-11/h3-6H,7H2,1-2H3,(H,18,22)(H,17,19,23). The van der Waals surface area contributed by atoms with Crippen molar-refractivity contribution in [2.24, 2.45) is 0 Å². The van der Waals surface area contributed by atoms with E-state index in [2.05, 4.69) is 20.4 Å². The van der Waals surface area contributed by atoms with Gasteiger partial charge in [0, 0.05) is 17.3 Å². The van der Waals surface area contributed by atoms with Gasteiger partial charge in [-0.15, -0.1) is 11.6 Å². The van der Waals surface area contributed by atoms with Crippen LogP contribution in [-0.4, -0.2) is 31.5 Å². The molecule has 0 aliphatic rings. The third-order valence-electron chi connectivity index (χ3n) is 3.45. The van der Waals surface area contributed by atoms with Gasteiger partial charge in [0.25, 0.3) is 5.56 Å². The van der Waals surface area contributed by atoms with E-state index < -0.39 is 5.91 Å². The smallest absolute Gasteiger partial charge is 0.255 e. The lowest BCUT2D eigenvalue weighted by Gasteiger charge is -2.08. The Morgan fingerprint density at radius 3 is 2.88 bits per heavy atom. The minimum atomic E-state index is -0.407. The Bertz CT molecular complexity index is 943. The van der Waals surface area contributed by atoms with E-state index >= 15 is 0 Å². The molecule has 3 aromatic heterocycles. The molecule has 0 aromatic carbocycles. The van der Waals surface area contributed by atoms with E-state index in [1.807, 2.05) is 0 Å². The molecule has 0 unspecified atom stereocenters. The van der Waals surface area contributed by atoms with E-state index in [0.29, 0.717) is 28.5 Å². The number of hydrogen-bond donors (Lipinski definition) is 2. The third kappa shape index (κ3) is 2.95. The van der Waals surface area contributed by atoms with E-state index in [1.165, 1.54) is 10.9 Å². The van der Waals surface area contributed by atoms with Crippen LogP contribution >= 0.6 is 11.6 Å². The molecule has 3 heterocycles. The first-order valence-electron chi connectivity index (χ1n) is 7.07. The van der Waals surface area contributed by atoms with Gasteiger partial charge >= 0.3 is 0 Å². The number of carbonyl (C=O) groups excluding carboxylic acids is 1. The van der Waals surface area contributed by atoms with Gasteiger partial charge in [0.15, 0.2) is 5.76 Å². The second kappa shape index (κ2) is 6.32. The third-order valence-corrected chi connectivity index (χ3v) is 3.70. The number of halogens is 1. The zero-order chi connectivity index (χ0) is 17.3. The number of hydrogen-bond acceptors (Lipinski definition) is 5. The summed E-state index contributed by atoms with van der Waals surface area (Å²) >= 11 is 5.54. The molecular weight excluding hydrogens is 334 g/mol. The van der Waals surface area contributed by atoms with Crippen LogP contribution in [0.5, 0.6) is 0 Å². The van der Waals surface area contributed by atoms with Crippen LogP contribution < -0.4 is 10.9 Å². The van der Waals surface area contributed by atoms with Crippen LogP contribution in [0.1, 0.15) is 11.3 Å². The Labute approximate surface area is 141 Å². The predicted molar refractivity (Wildman–Crippen MR) is 88.5 cm³/mol. The molecule has 0 aliphatic carbocycles. The Kier molecular flexibility index (Phi) is 4.22. The van der Waals surface area contributed by atoms with Crippen LogP contribution in [0.3, 0.4) is 0 Å². The zero-order valence-corrected chi connectivity index (χ0v) is 13.7. The van der Waals surface area contributed by atoms with Crippen molar-refractivity contribution in [1.82, 2.24) is 19.7 Å². The average Bonchev–Trinajstić information content (AvgIpc) is 3.21. The molecule has 1 amide bonds. The molecule has 9 heteroatoms. The van der Waals surface area contributed by atoms with Crippen molar-refractivity contribution in [2.75, 3.05) is 11.2 Å². The molecule has 124 valence electrons. The number of aryl methyl sites for hydroxylation is 1. The first kappa shape index (κ1) is 16.0. The lowest BCUT2D eigenvalue weighted by Crippen LogP contribution is -2.21. The number of alkyl halides is 1. The molecule has 0 fully saturated rings. The van der Waals surface area contributed by atoms with E-state index in [0.717, 1.165) is 0 Å². The quantitative estimate of drug-likeness (QED) is 0.702. The normalized spacial score (nSPS) is 10.8. The topological polar surface area (TPSA) is 106 Å². The Morgan fingerprint density at radius 2 is 2.25 bits per heavy atom. The van der Waals surface area contributed by atoms with Gasteiger partial charge in [0.2, 0.25) is 11.9 Å². The molecule has 0 spiro atoms.